The van der Waals surface area contributed by atoms with Crippen molar-refractivity contribution in [3.63, 3.8) is 0 Å². The minimum Gasteiger partial charge on any atom is -0.435 e. The van der Waals surface area contributed by atoms with Crippen molar-refractivity contribution in [1.82, 2.24) is 4.90 Å². The zero-order valence-electron chi connectivity index (χ0n) is 10.6. The van der Waals surface area contributed by atoms with E-state index in [2.05, 4.69) is 4.74 Å². The van der Waals surface area contributed by atoms with Crippen LogP contribution in [0.2, 0.25) is 0 Å². The minimum absolute atomic E-state index is 0.0830. The lowest BCUT2D eigenvalue weighted by atomic mass is 10.2. The number of rotatable bonds is 5. The van der Waals surface area contributed by atoms with E-state index in [0.29, 0.717) is 6.54 Å². The zero-order chi connectivity index (χ0) is 14.0. The summed E-state index contributed by atoms with van der Waals surface area (Å²) in [4.78, 5) is 13.5. The van der Waals surface area contributed by atoms with Crippen molar-refractivity contribution in [2.45, 2.75) is 31.5 Å². The van der Waals surface area contributed by atoms with Gasteiger partial charge < -0.3 is 15.4 Å². The third-order valence-corrected chi connectivity index (χ3v) is 3.13. The first kappa shape index (κ1) is 13.7. The molecule has 1 aliphatic carbocycles. The number of carbonyl (C=O) groups excluding carboxylic acids is 1. The van der Waals surface area contributed by atoms with Gasteiger partial charge in [0.15, 0.2) is 0 Å². The van der Waals surface area contributed by atoms with Crippen LogP contribution in [0.5, 0.6) is 5.75 Å². The molecule has 1 saturated carbocycles. The van der Waals surface area contributed by atoms with Gasteiger partial charge in [0.25, 0.3) is 0 Å². The van der Waals surface area contributed by atoms with Crippen LogP contribution in [0.15, 0.2) is 24.3 Å². The summed E-state index contributed by atoms with van der Waals surface area (Å²) in [5.74, 6) is 0.0191. The average Bonchev–Trinajstić information content (AvgIpc) is 3.09. The van der Waals surface area contributed by atoms with E-state index in [4.69, 9.17) is 5.73 Å². The normalized spacial score (nSPS) is 16.3. The molecule has 0 heterocycles. The van der Waals surface area contributed by atoms with E-state index >= 15 is 0 Å². The van der Waals surface area contributed by atoms with Gasteiger partial charge in [0.2, 0.25) is 5.91 Å². The van der Waals surface area contributed by atoms with Crippen molar-refractivity contribution >= 4 is 5.91 Å². The molecule has 1 aromatic rings. The third kappa shape index (κ3) is 3.41. The second kappa shape index (κ2) is 5.13. The molecule has 104 valence electrons. The number of nitrogens with zero attached hydrogens (tertiary/aromatic N) is 1. The molecule has 0 atom stereocenters. The largest absolute Gasteiger partial charge is 0.435 e. The molecule has 4 nitrogen and oxygen atoms in total. The summed E-state index contributed by atoms with van der Waals surface area (Å²) < 4.78 is 28.2. The predicted molar refractivity (Wildman–Crippen MR) is 65.7 cm³/mol. The first-order chi connectivity index (χ1) is 8.90. The Morgan fingerprint density at radius 3 is 2.47 bits per heavy atom. The van der Waals surface area contributed by atoms with Crippen molar-refractivity contribution in [1.29, 1.82) is 0 Å². The van der Waals surface area contributed by atoms with Crippen LogP contribution in [-0.2, 0) is 11.3 Å². The standard InChI is InChI=1S/C13H16F2N2O2/c1-17(11(18)13(16)6-7-13)8-9-2-4-10(5-3-9)19-12(14)15/h2-5,12H,6-8,16H2,1H3. The first-order valence-electron chi connectivity index (χ1n) is 5.99. The van der Waals surface area contributed by atoms with Gasteiger partial charge in [0.05, 0.1) is 5.54 Å². The van der Waals surface area contributed by atoms with E-state index in [9.17, 15) is 13.6 Å². The summed E-state index contributed by atoms with van der Waals surface area (Å²) in [6, 6.07) is 6.21. The van der Waals surface area contributed by atoms with Crippen molar-refractivity contribution in [2.75, 3.05) is 7.05 Å². The fourth-order valence-corrected chi connectivity index (χ4v) is 1.85. The number of carbonyl (C=O) groups is 1. The minimum atomic E-state index is -2.83. The van der Waals surface area contributed by atoms with Gasteiger partial charge in [-0.05, 0) is 30.5 Å². The lowest BCUT2D eigenvalue weighted by molar-refractivity contribution is -0.132. The predicted octanol–water partition coefficient (Wildman–Crippen LogP) is 1.74. The van der Waals surface area contributed by atoms with Crippen LogP contribution in [-0.4, -0.2) is 30.0 Å². The van der Waals surface area contributed by atoms with E-state index in [1.54, 1.807) is 24.1 Å². The molecule has 1 amide bonds. The average molecular weight is 270 g/mol. The molecular weight excluding hydrogens is 254 g/mol. The van der Waals surface area contributed by atoms with Crippen LogP contribution in [0.4, 0.5) is 8.78 Å². The summed E-state index contributed by atoms with van der Waals surface area (Å²) in [5.41, 5.74) is 5.98. The highest BCUT2D eigenvalue weighted by atomic mass is 19.3. The Morgan fingerprint density at radius 1 is 1.42 bits per heavy atom. The van der Waals surface area contributed by atoms with E-state index in [1.165, 1.54) is 12.1 Å². The van der Waals surface area contributed by atoms with Crippen LogP contribution in [0.1, 0.15) is 18.4 Å². The second-order valence-electron chi connectivity index (χ2n) is 4.84. The highest BCUT2D eigenvalue weighted by Crippen LogP contribution is 2.34. The number of likely N-dealkylation sites (N-methyl/N-ethyl adjacent to an activating group) is 1. The van der Waals surface area contributed by atoms with Gasteiger partial charge in [0, 0.05) is 13.6 Å². The molecule has 0 bridgehead atoms. The molecule has 1 aliphatic rings. The number of halogens is 2. The third-order valence-electron chi connectivity index (χ3n) is 3.13. The van der Waals surface area contributed by atoms with Crippen LogP contribution in [0.25, 0.3) is 0 Å². The number of nitrogens with two attached hydrogens (primary N) is 1. The quantitative estimate of drug-likeness (QED) is 0.886. The maximum absolute atomic E-state index is 12.0. The van der Waals surface area contributed by atoms with Gasteiger partial charge in [0.1, 0.15) is 5.75 Å². The Kier molecular flexibility index (Phi) is 3.71. The van der Waals surface area contributed by atoms with E-state index in [1.807, 2.05) is 0 Å². The summed E-state index contributed by atoms with van der Waals surface area (Å²) in [6.45, 7) is -2.44. The first-order valence-corrected chi connectivity index (χ1v) is 5.99. The number of alkyl halides is 2. The Labute approximate surface area is 110 Å². The number of ether oxygens (including phenoxy) is 1. The van der Waals surface area contributed by atoms with E-state index < -0.39 is 12.2 Å². The molecule has 0 spiro atoms. The fourth-order valence-electron chi connectivity index (χ4n) is 1.85. The van der Waals surface area contributed by atoms with Crippen LogP contribution in [0.3, 0.4) is 0 Å². The van der Waals surface area contributed by atoms with Gasteiger partial charge >= 0.3 is 6.61 Å². The molecule has 0 unspecified atom stereocenters. The van der Waals surface area contributed by atoms with E-state index in [-0.39, 0.29) is 11.7 Å². The van der Waals surface area contributed by atoms with Gasteiger partial charge in [-0.2, -0.15) is 8.78 Å². The van der Waals surface area contributed by atoms with Crippen molar-refractivity contribution in [2.24, 2.45) is 5.73 Å². The van der Waals surface area contributed by atoms with Gasteiger partial charge in [-0.1, -0.05) is 12.1 Å². The molecule has 0 radical (unpaired) electrons. The molecule has 19 heavy (non-hydrogen) atoms. The Morgan fingerprint density at radius 2 is 2.00 bits per heavy atom. The van der Waals surface area contributed by atoms with Gasteiger partial charge in [-0.25, -0.2) is 0 Å². The highest BCUT2D eigenvalue weighted by molar-refractivity contribution is 5.88. The Bertz CT molecular complexity index is 458. The van der Waals surface area contributed by atoms with Crippen LogP contribution in [0, 0.1) is 0 Å². The molecule has 6 heteroatoms. The summed E-state index contributed by atoms with van der Waals surface area (Å²) in [5, 5.41) is 0. The van der Waals surface area contributed by atoms with Gasteiger partial charge in [-0.3, -0.25) is 4.79 Å². The summed E-state index contributed by atoms with van der Waals surface area (Å²) in [6.07, 6.45) is 1.44. The van der Waals surface area contributed by atoms with Crippen molar-refractivity contribution in [3.05, 3.63) is 29.8 Å². The smallest absolute Gasteiger partial charge is 0.387 e. The van der Waals surface area contributed by atoms with Crippen LogP contribution < -0.4 is 10.5 Å². The summed E-state index contributed by atoms with van der Waals surface area (Å²) in [7, 11) is 1.68. The highest BCUT2D eigenvalue weighted by Gasteiger charge is 2.47. The number of hydrogen-bond acceptors (Lipinski definition) is 3. The Balaban J connectivity index is 1.93. The maximum Gasteiger partial charge on any atom is 0.387 e. The molecule has 2 rings (SSSR count). The molecule has 0 aliphatic heterocycles. The molecule has 0 saturated heterocycles. The van der Waals surface area contributed by atoms with Gasteiger partial charge in [-0.15, -0.1) is 0 Å². The molecule has 1 fully saturated rings. The van der Waals surface area contributed by atoms with Crippen molar-refractivity contribution < 1.29 is 18.3 Å². The second-order valence-corrected chi connectivity index (χ2v) is 4.84. The zero-order valence-corrected chi connectivity index (χ0v) is 10.6. The lowest BCUT2D eigenvalue weighted by Crippen LogP contribution is -2.43. The molecule has 1 aromatic carbocycles. The number of benzene rings is 1. The van der Waals surface area contributed by atoms with Crippen LogP contribution >= 0.6 is 0 Å². The SMILES string of the molecule is CN(Cc1ccc(OC(F)F)cc1)C(=O)C1(N)CC1. The maximum atomic E-state index is 12.0. The van der Waals surface area contributed by atoms with Crippen molar-refractivity contribution in [3.8, 4) is 5.75 Å². The van der Waals surface area contributed by atoms with E-state index in [0.717, 1.165) is 18.4 Å². The number of hydrogen-bond donors (Lipinski definition) is 1. The topological polar surface area (TPSA) is 55.6 Å². The number of amides is 1. The lowest BCUT2D eigenvalue weighted by Gasteiger charge is -2.21. The Hall–Kier alpha value is -1.69. The fraction of sp³-hybridized carbons (Fsp3) is 0.462. The molecular formula is C13H16F2N2O2. The molecule has 2 N–H and O–H groups in total. The summed E-state index contributed by atoms with van der Waals surface area (Å²) >= 11 is 0. The monoisotopic (exact) mass is 270 g/mol. The molecule has 0 aromatic heterocycles.